The number of rotatable bonds is 3. The average Bonchev–Trinajstić information content (AvgIpc) is 2.58. The van der Waals surface area contributed by atoms with Gasteiger partial charge in [-0.3, -0.25) is 4.79 Å². The zero-order valence-electron chi connectivity index (χ0n) is 8.30. The second-order valence-corrected chi connectivity index (χ2v) is 5.00. The molecule has 0 aromatic carbocycles. The molecule has 1 heterocycles. The van der Waals surface area contributed by atoms with Crippen molar-refractivity contribution in [1.82, 2.24) is 0 Å². The van der Waals surface area contributed by atoms with Crippen LogP contribution in [0.3, 0.4) is 0 Å². The van der Waals surface area contributed by atoms with Gasteiger partial charge < -0.3 is 9.47 Å². The summed E-state index contributed by atoms with van der Waals surface area (Å²) < 4.78 is 9.44. The summed E-state index contributed by atoms with van der Waals surface area (Å²) in [5.41, 5.74) is 0. The Balaban J connectivity index is 0.000000280. The first kappa shape index (κ1) is 14.2. The molecule has 1 atom stereocenters. The van der Waals surface area contributed by atoms with Crippen LogP contribution in [0.4, 0.5) is 0 Å². The van der Waals surface area contributed by atoms with Crippen molar-refractivity contribution in [2.24, 2.45) is 0 Å². The van der Waals surface area contributed by atoms with Gasteiger partial charge in [0.15, 0.2) is 0 Å². The number of halogens is 2. The zero-order chi connectivity index (χ0) is 10.8. The summed E-state index contributed by atoms with van der Waals surface area (Å²) >= 11 is 8.59. The van der Waals surface area contributed by atoms with Gasteiger partial charge in [-0.05, 0) is 12.8 Å². The number of alkyl halides is 2. The van der Waals surface area contributed by atoms with E-state index in [9.17, 15) is 4.79 Å². The lowest BCUT2D eigenvalue weighted by Gasteiger charge is -2.00. The van der Waals surface area contributed by atoms with Crippen molar-refractivity contribution in [2.45, 2.75) is 30.5 Å². The van der Waals surface area contributed by atoms with Crippen molar-refractivity contribution in [2.75, 3.05) is 19.8 Å². The van der Waals surface area contributed by atoms with Crippen molar-refractivity contribution in [1.29, 1.82) is 0 Å². The number of hydrogen-bond donors (Lipinski definition) is 0. The maximum atomic E-state index is 10.1. The standard InChI is InChI=1S/C5H8BrClO2.C4H8O/c1-4(8)9-3-2-5(6)7;1-2-4-5-3-1/h5H,2-3H2,1H3;1-4H2. The van der Waals surface area contributed by atoms with Crippen molar-refractivity contribution in [3.05, 3.63) is 0 Å². The summed E-state index contributed by atoms with van der Waals surface area (Å²) in [4.78, 5) is 10.1. The molecule has 0 spiro atoms. The highest BCUT2D eigenvalue weighted by Crippen LogP contribution is 2.08. The van der Waals surface area contributed by atoms with Crippen LogP contribution >= 0.6 is 27.5 Å². The lowest BCUT2D eigenvalue weighted by Crippen LogP contribution is -2.02. The first-order valence-electron chi connectivity index (χ1n) is 4.62. The van der Waals surface area contributed by atoms with Crippen molar-refractivity contribution < 1.29 is 14.3 Å². The highest BCUT2D eigenvalue weighted by Gasteiger charge is 1.98. The second kappa shape index (κ2) is 9.74. The van der Waals surface area contributed by atoms with Gasteiger partial charge in [0.05, 0.1) is 10.9 Å². The minimum atomic E-state index is -0.264. The van der Waals surface area contributed by atoms with E-state index in [-0.39, 0.29) is 10.3 Å². The second-order valence-electron chi connectivity index (χ2n) is 2.84. The molecule has 84 valence electrons. The molecule has 0 aromatic heterocycles. The van der Waals surface area contributed by atoms with Crippen molar-refractivity contribution >= 4 is 33.5 Å². The molecule has 0 aliphatic carbocycles. The van der Waals surface area contributed by atoms with E-state index in [0.717, 1.165) is 13.2 Å². The fourth-order valence-corrected chi connectivity index (χ4v) is 1.08. The molecule has 14 heavy (non-hydrogen) atoms. The molecule has 3 nitrogen and oxygen atoms in total. The Morgan fingerprint density at radius 3 is 2.43 bits per heavy atom. The zero-order valence-corrected chi connectivity index (χ0v) is 10.6. The van der Waals surface area contributed by atoms with Crippen molar-refractivity contribution in [3.63, 3.8) is 0 Å². The van der Waals surface area contributed by atoms with Crippen LogP contribution < -0.4 is 0 Å². The van der Waals surface area contributed by atoms with Crippen LogP contribution in [0.1, 0.15) is 26.2 Å². The molecule has 0 aromatic rings. The lowest BCUT2D eigenvalue weighted by atomic mass is 10.4. The van der Waals surface area contributed by atoms with Crippen LogP contribution in [0, 0.1) is 0 Å². The molecule has 1 fully saturated rings. The molecular formula is C9H16BrClO3. The van der Waals surface area contributed by atoms with E-state index >= 15 is 0 Å². The van der Waals surface area contributed by atoms with Gasteiger partial charge in [0.1, 0.15) is 0 Å². The van der Waals surface area contributed by atoms with Crippen LogP contribution in [0.15, 0.2) is 0 Å². The molecule has 0 bridgehead atoms. The Kier molecular flexibility index (Phi) is 9.88. The summed E-state index contributed by atoms with van der Waals surface area (Å²) in [5.74, 6) is -0.264. The van der Waals surface area contributed by atoms with E-state index in [1.54, 1.807) is 0 Å². The fraction of sp³-hybridized carbons (Fsp3) is 0.889. The van der Waals surface area contributed by atoms with Gasteiger partial charge in [0.2, 0.25) is 0 Å². The van der Waals surface area contributed by atoms with Gasteiger partial charge in [-0.2, -0.15) is 0 Å². The predicted molar refractivity (Wildman–Crippen MR) is 59.9 cm³/mol. The van der Waals surface area contributed by atoms with Crippen LogP contribution in [0.25, 0.3) is 0 Å². The summed E-state index contributed by atoms with van der Waals surface area (Å²) in [6.07, 6.45) is 3.20. The topological polar surface area (TPSA) is 35.5 Å². The molecule has 1 aliphatic rings. The maximum Gasteiger partial charge on any atom is 0.302 e. The largest absolute Gasteiger partial charge is 0.466 e. The number of hydrogen-bond acceptors (Lipinski definition) is 3. The van der Waals surface area contributed by atoms with Gasteiger partial charge in [-0.15, -0.1) is 11.6 Å². The van der Waals surface area contributed by atoms with E-state index in [1.165, 1.54) is 19.8 Å². The molecule has 0 radical (unpaired) electrons. The molecule has 0 amide bonds. The Morgan fingerprint density at radius 1 is 1.57 bits per heavy atom. The van der Waals surface area contributed by atoms with Crippen LogP contribution in [-0.2, 0) is 14.3 Å². The van der Waals surface area contributed by atoms with Gasteiger partial charge in [0, 0.05) is 26.6 Å². The first-order valence-corrected chi connectivity index (χ1v) is 5.97. The lowest BCUT2D eigenvalue weighted by molar-refractivity contribution is -0.140. The molecule has 1 saturated heterocycles. The minimum absolute atomic E-state index is 0.100. The Labute approximate surface area is 98.2 Å². The summed E-state index contributed by atoms with van der Waals surface area (Å²) in [6.45, 7) is 3.76. The SMILES string of the molecule is C1CCOC1.CC(=O)OCCC(Cl)Br. The Hall–Kier alpha value is 0.200. The highest BCUT2D eigenvalue weighted by atomic mass is 79.9. The van der Waals surface area contributed by atoms with Gasteiger partial charge >= 0.3 is 5.97 Å². The summed E-state index contributed by atoms with van der Waals surface area (Å²) in [5, 5.41) is 0. The van der Waals surface area contributed by atoms with E-state index in [0.29, 0.717) is 13.0 Å². The Bertz CT molecular complexity index is 141. The van der Waals surface area contributed by atoms with Crippen LogP contribution in [0.5, 0.6) is 0 Å². The number of carbonyl (C=O) groups is 1. The number of carbonyl (C=O) groups excluding carboxylic acids is 1. The quantitative estimate of drug-likeness (QED) is 0.591. The minimum Gasteiger partial charge on any atom is -0.466 e. The van der Waals surface area contributed by atoms with Crippen LogP contribution in [-0.4, -0.2) is 30.1 Å². The third kappa shape index (κ3) is 12.2. The molecule has 5 heteroatoms. The molecule has 1 rings (SSSR count). The third-order valence-corrected chi connectivity index (χ3v) is 2.14. The van der Waals surface area contributed by atoms with Gasteiger partial charge in [-0.25, -0.2) is 0 Å². The summed E-state index contributed by atoms with van der Waals surface area (Å²) in [6, 6.07) is 0. The van der Waals surface area contributed by atoms with Crippen molar-refractivity contribution in [3.8, 4) is 0 Å². The van der Waals surface area contributed by atoms with E-state index in [2.05, 4.69) is 20.7 Å². The number of esters is 1. The van der Waals surface area contributed by atoms with E-state index in [1.807, 2.05) is 0 Å². The monoisotopic (exact) mass is 286 g/mol. The van der Waals surface area contributed by atoms with E-state index in [4.69, 9.17) is 16.3 Å². The third-order valence-electron chi connectivity index (χ3n) is 1.47. The molecule has 0 N–H and O–H groups in total. The molecule has 1 aliphatic heterocycles. The van der Waals surface area contributed by atoms with Gasteiger partial charge in [0.25, 0.3) is 0 Å². The fourth-order valence-electron chi connectivity index (χ4n) is 0.802. The highest BCUT2D eigenvalue weighted by molar-refractivity contribution is 9.10. The first-order chi connectivity index (χ1) is 6.63. The number of ether oxygens (including phenoxy) is 2. The Morgan fingerprint density at radius 2 is 2.14 bits per heavy atom. The normalized spacial score (nSPS) is 16.8. The predicted octanol–water partition coefficient (Wildman–Crippen LogP) is 2.70. The van der Waals surface area contributed by atoms with Gasteiger partial charge in [-0.1, -0.05) is 15.9 Å². The molecule has 0 saturated carbocycles. The maximum absolute atomic E-state index is 10.1. The average molecular weight is 288 g/mol. The smallest absolute Gasteiger partial charge is 0.302 e. The molecular weight excluding hydrogens is 271 g/mol. The molecule has 1 unspecified atom stereocenters. The van der Waals surface area contributed by atoms with Crippen LogP contribution in [0.2, 0.25) is 0 Å². The summed E-state index contributed by atoms with van der Waals surface area (Å²) in [7, 11) is 0. The van der Waals surface area contributed by atoms with E-state index < -0.39 is 0 Å².